The third-order valence-corrected chi connectivity index (χ3v) is 2.92. The summed E-state index contributed by atoms with van der Waals surface area (Å²) >= 11 is 1.19. The summed E-state index contributed by atoms with van der Waals surface area (Å²) in [5, 5.41) is 9.26. The Kier molecular flexibility index (Phi) is 3.72. The Morgan fingerprint density at radius 2 is 2.00 bits per heavy atom. The first kappa shape index (κ1) is 11.6. The molecule has 0 aliphatic heterocycles. The van der Waals surface area contributed by atoms with Crippen molar-refractivity contribution in [3.05, 3.63) is 42.6 Å². The third-order valence-electron chi connectivity index (χ3n) is 2.01. The Hall–Kier alpha value is -1.88. The van der Waals surface area contributed by atoms with Gasteiger partial charge in [0.25, 0.3) is 0 Å². The van der Waals surface area contributed by atoms with Crippen LogP contribution < -0.4 is 0 Å². The van der Waals surface area contributed by atoms with Crippen LogP contribution in [0.5, 0.6) is 0 Å². The van der Waals surface area contributed by atoms with Crippen LogP contribution in [0.3, 0.4) is 0 Å². The summed E-state index contributed by atoms with van der Waals surface area (Å²) in [5.41, 5.74) is 0.922. The van der Waals surface area contributed by atoms with Crippen molar-refractivity contribution in [3.8, 4) is 11.4 Å². The molecule has 0 unspecified atom stereocenters. The van der Waals surface area contributed by atoms with Crippen molar-refractivity contribution >= 4 is 17.7 Å². The number of hydrogen-bond donors (Lipinski definition) is 1. The molecular weight excluding hydrogens is 236 g/mol. The highest BCUT2D eigenvalue weighted by molar-refractivity contribution is 7.99. The van der Waals surface area contributed by atoms with Gasteiger partial charge in [-0.15, -0.1) is 0 Å². The maximum absolute atomic E-state index is 10.5. The van der Waals surface area contributed by atoms with Gasteiger partial charge in [0, 0.05) is 11.8 Å². The molecule has 0 amide bonds. The minimum absolute atomic E-state index is 0.00520. The van der Waals surface area contributed by atoms with Crippen molar-refractivity contribution in [2.24, 2.45) is 0 Å². The molecule has 86 valence electrons. The molecule has 0 fully saturated rings. The highest BCUT2D eigenvalue weighted by Gasteiger charge is 2.04. The summed E-state index contributed by atoms with van der Waals surface area (Å²) < 4.78 is 0. The summed E-state index contributed by atoms with van der Waals surface area (Å²) in [7, 11) is 0. The van der Waals surface area contributed by atoms with Crippen molar-refractivity contribution < 1.29 is 9.90 Å². The molecular formula is C12H10N2O2S. The van der Waals surface area contributed by atoms with Gasteiger partial charge in [0.15, 0.2) is 5.82 Å². The Morgan fingerprint density at radius 1 is 1.24 bits per heavy atom. The molecule has 1 aromatic carbocycles. The molecule has 4 nitrogen and oxygen atoms in total. The SMILES string of the molecule is O=C(O)CSc1ccnc(-c2ccccc2)n1. The van der Waals surface area contributed by atoms with Crippen molar-refractivity contribution in [3.63, 3.8) is 0 Å². The van der Waals surface area contributed by atoms with Gasteiger partial charge < -0.3 is 5.11 Å². The monoisotopic (exact) mass is 246 g/mol. The Morgan fingerprint density at radius 3 is 2.71 bits per heavy atom. The molecule has 2 rings (SSSR count). The number of carbonyl (C=O) groups is 1. The fourth-order valence-corrected chi connectivity index (χ4v) is 1.86. The normalized spacial score (nSPS) is 10.1. The molecule has 0 aliphatic carbocycles. The zero-order valence-electron chi connectivity index (χ0n) is 8.91. The molecule has 2 aromatic rings. The fraction of sp³-hybridized carbons (Fsp3) is 0.0833. The standard InChI is InChI=1S/C12H10N2O2S/c15-11(16)8-17-10-6-7-13-12(14-10)9-4-2-1-3-5-9/h1-7H,8H2,(H,15,16). The van der Waals surface area contributed by atoms with Crippen molar-refractivity contribution in [1.82, 2.24) is 9.97 Å². The minimum Gasteiger partial charge on any atom is -0.481 e. The maximum atomic E-state index is 10.5. The number of thioether (sulfide) groups is 1. The van der Waals surface area contributed by atoms with E-state index in [-0.39, 0.29) is 5.75 Å². The zero-order chi connectivity index (χ0) is 12.1. The van der Waals surface area contributed by atoms with Crippen molar-refractivity contribution in [2.45, 2.75) is 5.03 Å². The second-order valence-electron chi connectivity index (χ2n) is 3.27. The van der Waals surface area contributed by atoms with E-state index >= 15 is 0 Å². The lowest BCUT2D eigenvalue weighted by atomic mass is 10.2. The Labute approximate surface area is 103 Å². The molecule has 0 saturated carbocycles. The summed E-state index contributed by atoms with van der Waals surface area (Å²) in [4.78, 5) is 18.9. The fourth-order valence-electron chi connectivity index (χ4n) is 1.28. The Balaban J connectivity index is 2.20. The number of carboxylic acid groups (broad SMARTS) is 1. The third kappa shape index (κ3) is 3.29. The highest BCUT2D eigenvalue weighted by atomic mass is 32.2. The topological polar surface area (TPSA) is 63.1 Å². The average Bonchev–Trinajstić information content (AvgIpc) is 2.38. The van der Waals surface area contributed by atoms with E-state index in [0.717, 1.165) is 5.56 Å². The molecule has 1 N–H and O–H groups in total. The van der Waals surface area contributed by atoms with Crippen LogP contribution in [0.2, 0.25) is 0 Å². The lowest BCUT2D eigenvalue weighted by Crippen LogP contribution is -1.98. The molecule has 0 radical (unpaired) electrons. The quantitative estimate of drug-likeness (QED) is 0.662. The summed E-state index contributed by atoms with van der Waals surface area (Å²) in [5.74, 6) is -0.235. The summed E-state index contributed by atoms with van der Waals surface area (Å²) in [6.45, 7) is 0. The van der Waals surface area contributed by atoms with Crippen LogP contribution in [0.15, 0.2) is 47.6 Å². The lowest BCUT2D eigenvalue weighted by molar-refractivity contribution is -0.133. The second kappa shape index (κ2) is 5.45. The van der Waals surface area contributed by atoms with E-state index in [0.29, 0.717) is 10.9 Å². The molecule has 1 aromatic heterocycles. The first-order valence-corrected chi connectivity index (χ1v) is 5.97. The van der Waals surface area contributed by atoms with Crippen LogP contribution >= 0.6 is 11.8 Å². The van der Waals surface area contributed by atoms with Crippen molar-refractivity contribution in [2.75, 3.05) is 5.75 Å². The molecule has 1 heterocycles. The second-order valence-corrected chi connectivity index (χ2v) is 4.26. The van der Waals surface area contributed by atoms with Crippen molar-refractivity contribution in [1.29, 1.82) is 0 Å². The van der Waals surface area contributed by atoms with E-state index in [1.165, 1.54) is 11.8 Å². The van der Waals surface area contributed by atoms with E-state index in [9.17, 15) is 4.79 Å². The molecule has 17 heavy (non-hydrogen) atoms. The first-order valence-electron chi connectivity index (χ1n) is 4.99. The number of aliphatic carboxylic acids is 1. The van der Waals surface area contributed by atoms with Crippen LogP contribution in [-0.4, -0.2) is 26.8 Å². The molecule has 5 heteroatoms. The number of nitrogens with zero attached hydrogens (tertiary/aromatic N) is 2. The Bertz CT molecular complexity index is 517. The highest BCUT2D eigenvalue weighted by Crippen LogP contribution is 2.19. The van der Waals surface area contributed by atoms with Crippen LogP contribution in [-0.2, 0) is 4.79 Å². The van der Waals surface area contributed by atoms with E-state index in [1.807, 2.05) is 30.3 Å². The molecule has 0 aliphatic rings. The predicted octanol–water partition coefficient (Wildman–Crippen LogP) is 2.32. The largest absolute Gasteiger partial charge is 0.481 e. The van der Waals surface area contributed by atoms with Gasteiger partial charge in [0.1, 0.15) is 5.03 Å². The van der Waals surface area contributed by atoms with Crippen LogP contribution in [0.1, 0.15) is 0 Å². The molecule has 0 saturated heterocycles. The van der Waals surface area contributed by atoms with Gasteiger partial charge in [-0.05, 0) is 6.07 Å². The summed E-state index contributed by atoms with van der Waals surface area (Å²) in [6, 6.07) is 11.3. The van der Waals surface area contributed by atoms with Gasteiger partial charge in [-0.25, -0.2) is 9.97 Å². The summed E-state index contributed by atoms with van der Waals surface area (Å²) in [6.07, 6.45) is 1.64. The average molecular weight is 246 g/mol. The lowest BCUT2D eigenvalue weighted by Gasteiger charge is -2.02. The smallest absolute Gasteiger partial charge is 0.313 e. The molecule has 0 atom stereocenters. The van der Waals surface area contributed by atoms with Gasteiger partial charge in [-0.2, -0.15) is 0 Å². The number of rotatable bonds is 4. The van der Waals surface area contributed by atoms with E-state index in [1.54, 1.807) is 12.3 Å². The maximum Gasteiger partial charge on any atom is 0.313 e. The van der Waals surface area contributed by atoms with Crippen LogP contribution in [0.25, 0.3) is 11.4 Å². The van der Waals surface area contributed by atoms with E-state index in [2.05, 4.69) is 9.97 Å². The zero-order valence-corrected chi connectivity index (χ0v) is 9.72. The number of carboxylic acids is 1. The predicted molar refractivity (Wildman–Crippen MR) is 65.8 cm³/mol. The van der Waals surface area contributed by atoms with Crippen LogP contribution in [0, 0.1) is 0 Å². The first-order chi connectivity index (χ1) is 8.25. The number of hydrogen-bond acceptors (Lipinski definition) is 4. The number of aromatic nitrogens is 2. The van der Waals surface area contributed by atoms with E-state index < -0.39 is 5.97 Å². The number of benzene rings is 1. The minimum atomic E-state index is -0.852. The molecule has 0 spiro atoms. The van der Waals surface area contributed by atoms with Gasteiger partial charge in [-0.3, -0.25) is 4.79 Å². The van der Waals surface area contributed by atoms with Gasteiger partial charge in [0.05, 0.1) is 5.75 Å². The van der Waals surface area contributed by atoms with Gasteiger partial charge in [0.2, 0.25) is 0 Å². The van der Waals surface area contributed by atoms with Gasteiger partial charge in [-0.1, -0.05) is 42.1 Å². The molecule has 0 bridgehead atoms. The van der Waals surface area contributed by atoms with Crippen LogP contribution in [0.4, 0.5) is 0 Å². The van der Waals surface area contributed by atoms with E-state index in [4.69, 9.17) is 5.11 Å². The van der Waals surface area contributed by atoms with Gasteiger partial charge >= 0.3 is 5.97 Å².